The van der Waals surface area contributed by atoms with E-state index in [-0.39, 0.29) is 11.6 Å². The van der Waals surface area contributed by atoms with Crippen LogP contribution in [0.25, 0.3) is 0 Å². The van der Waals surface area contributed by atoms with Crippen molar-refractivity contribution in [1.29, 1.82) is 0 Å². The molecule has 2 aromatic carbocycles. The summed E-state index contributed by atoms with van der Waals surface area (Å²) in [5.74, 6) is -2.01. The van der Waals surface area contributed by atoms with Crippen molar-refractivity contribution >= 4 is 21.6 Å². The minimum absolute atomic E-state index is 0.108. The Kier molecular flexibility index (Phi) is 4.71. The molecule has 8 heteroatoms. The number of carbonyl (C=O) groups excluding carboxylic acids is 1. The molecule has 5 nitrogen and oxygen atoms in total. The first kappa shape index (κ1) is 17.3. The zero-order chi connectivity index (χ0) is 18.0. The molecular weight excluding hydrogens is 350 g/mol. The van der Waals surface area contributed by atoms with Gasteiger partial charge >= 0.3 is 0 Å². The number of anilines is 1. The van der Waals surface area contributed by atoms with Crippen LogP contribution in [0.15, 0.2) is 47.4 Å². The smallest absolute Gasteiger partial charge is 0.264 e. The summed E-state index contributed by atoms with van der Waals surface area (Å²) < 4.78 is 53.5. The van der Waals surface area contributed by atoms with Crippen molar-refractivity contribution in [3.8, 4) is 0 Å². The molecule has 1 fully saturated rings. The lowest BCUT2D eigenvalue weighted by atomic mass is 10.2. The van der Waals surface area contributed by atoms with Crippen LogP contribution in [0, 0.1) is 11.6 Å². The number of halogens is 2. The lowest BCUT2D eigenvalue weighted by Gasteiger charge is -2.15. The Bertz CT molecular complexity index is 893. The highest BCUT2D eigenvalue weighted by Crippen LogP contribution is 2.21. The number of rotatable bonds is 4. The van der Waals surface area contributed by atoms with Gasteiger partial charge in [-0.05, 0) is 55.3 Å². The molecule has 25 heavy (non-hydrogen) atoms. The van der Waals surface area contributed by atoms with Gasteiger partial charge in [0.2, 0.25) is 0 Å². The zero-order valence-electron chi connectivity index (χ0n) is 13.2. The largest absolute Gasteiger partial charge is 0.339 e. The van der Waals surface area contributed by atoms with Gasteiger partial charge in [-0.1, -0.05) is 0 Å². The van der Waals surface area contributed by atoms with Gasteiger partial charge in [-0.25, -0.2) is 17.2 Å². The van der Waals surface area contributed by atoms with Crippen LogP contribution >= 0.6 is 0 Å². The molecule has 0 radical (unpaired) electrons. The van der Waals surface area contributed by atoms with Crippen molar-refractivity contribution in [3.63, 3.8) is 0 Å². The highest BCUT2D eigenvalue weighted by molar-refractivity contribution is 7.92. The van der Waals surface area contributed by atoms with E-state index in [9.17, 15) is 22.0 Å². The van der Waals surface area contributed by atoms with Gasteiger partial charge in [0, 0.05) is 24.3 Å². The molecule has 0 bridgehead atoms. The maximum absolute atomic E-state index is 13.7. The molecule has 0 saturated carbocycles. The fourth-order valence-electron chi connectivity index (χ4n) is 2.68. The molecule has 1 aliphatic rings. The number of hydrogen-bond acceptors (Lipinski definition) is 3. The maximum Gasteiger partial charge on any atom is 0.264 e. The summed E-state index contributed by atoms with van der Waals surface area (Å²) in [5.41, 5.74) is 0.600. The van der Waals surface area contributed by atoms with Crippen molar-refractivity contribution < 1.29 is 22.0 Å². The number of nitrogens with zero attached hydrogens (tertiary/aromatic N) is 1. The second-order valence-corrected chi connectivity index (χ2v) is 7.41. The summed E-state index contributed by atoms with van der Waals surface area (Å²) in [7, 11) is -4.28. The maximum atomic E-state index is 13.7. The topological polar surface area (TPSA) is 66.5 Å². The Labute approximate surface area is 144 Å². The molecule has 0 aliphatic carbocycles. The molecule has 2 aromatic rings. The zero-order valence-corrected chi connectivity index (χ0v) is 14.0. The van der Waals surface area contributed by atoms with Crippen LogP contribution in [-0.4, -0.2) is 32.3 Å². The number of benzene rings is 2. The fraction of sp³-hybridized carbons (Fsp3) is 0.235. The molecule has 3 rings (SSSR count). The molecular formula is C17H16F2N2O3S. The quantitative estimate of drug-likeness (QED) is 0.905. The van der Waals surface area contributed by atoms with Crippen molar-refractivity contribution in [3.05, 3.63) is 59.7 Å². The summed E-state index contributed by atoms with van der Waals surface area (Å²) in [5, 5.41) is 0. The minimum Gasteiger partial charge on any atom is -0.339 e. The molecule has 1 saturated heterocycles. The summed E-state index contributed by atoms with van der Waals surface area (Å²) in [6.07, 6.45) is 1.95. The Morgan fingerprint density at radius 3 is 2.28 bits per heavy atom. The number of amides is 1. The number of likely N-dealkylation sites (tertiary alicyclic amines) is 1. The third-order valence-electron chi connectivity index (χ3n) is 3.96. The van der Waals surface area contributed by atoms with Gasteiger partial charge in [0.15, 0.2) is 0 Å². The highest BCUT2D eigenvalue weighted by atomic mass is 32.2. The first-order valence-electron chi connectivity index (χ1n) is 7.74. The molecule has 0 unspecified atom stereocenters. The van der Waals surface area contributed by atoms with Gasteiger partial charge in [0.05, 0.1) is 0 Å². The van der Waals surface area contributed by atoms with E-state index in [2.05, 4.69) is 4.72 Å². The van der Waals surface area contributed by atoms with Crippen molar-refractivity contribution in [2.24, 2.45) is 0 Å². The second-order valence-electron chi connectivity index (χ2n) is 5.76. The normalized spacial score (nSPS) is 14.6. The predicted molar refractivity (Wildman–Crippen MR) is 88.7 cm³/mol. The lowest BCUT2D eigenvalue weighted by Crippen LogP contribution is -2.27. The minimum atomic E-state index is -4.28. The van der Waals surface area contributed by atoms with Crippen molar-refractivity contribution in [2.75, 3.05) is 17.8 Å². The number of sulfonamides is 1. The summed E-state index contributed by atoms with van der Waals surface area (Å²) in [6, 6.07) is 8.04. The van der Waals surface area contributed by atoms with E-state index in [0.29, 0.717) is 24.7 Å². The molecule has 1 amide bonds. The lowest BCUT2D eigenvalue weighted by molar-refractivity contribution is 0.0793. The van der Waals surface area contributed by atoms with Crippen molar-refractivity contribution in [2.45, 2.75) is 17.7 Å². The van der Waals surface area contributed by atoms with Gasteiger partial charge in [0.25, 0.3) is 15.9 Å². The molecule has 0 aromatic heterocycles. The van der Waals surface area contributed by atoms with E-state index in [1.807, 2.05) is 0 Å². The van der Waals surface area contributed by atoms with E-state index in [0.717, 1.165) is 25.0 Å². The van der Waals surface area contributed by atoms with Crippen molar-refractivity contribution in [1.82, 2.24) is 4.90 Å². The van der Waals surface area contributed by atoms with E-state index in [4.69, 9.17) is 0 Å². The van der Waals surface area contributed by atoms with Crippen LogP contribution in [0.5, 0.6) is 0 Å². The SMILES string of the molecule is O=C(c1ccc(NS(=O)(=O)c2cc(F)ccc2F)cc1)N1CCCC1. The van der Waals surface area contributed by atoms with Crippen LogP contribution in [0.1, 0.15) is 23.2 Å². The third kappa shape index (κ3) is 3.79. The molecule has 1 aliphatic heterocycles. The van der Waals surface area contributed by atoms with E-state index >= 15 is 0 Å². The van der Waals surface area contributed by atoms with E-state index in [1.54, 1.807) is 4.90 Å². The summed E-state index contributed by atoms with van der Waals surface area (Å²) >= 11 is 0. The van der Waals surface area contributed by atoms with Gasteiger partial charge in [-0.3, -0.25) is 9.52 Å². The van der Waals surface area contributed by atoms with Gasteiger partial charge < -0.3 is 4.90 Å². The molecule has 1 N–H and O–H groups in total. The number of nitrogens with one attached hydrogen (secondary N) is 1. The average Bonchev–Trinajstić information content (AvgIpc) is 3.11. The third-order valence-corrected chi connectivity index (χ3v) is 5.36. The summed E-state index contributed by atoms with van der Waals surface area (Å²) in [4.78, 5) is 13.2. The first-order valence-corrected chi connectivity index (χ1v) is 9.22. The van der Waals surface area contributed by atoms with E-state index < -0.39 is 26.6 Å². The van der Waals surface area contributed by atoms with Gasteiger partial charge in [0.1, 0.15) is 16.5 Å². The number of carbonyl (C=O) groups is 1. The number of hydrogen-bond donors (Lipinski definition) is 1. The van der Waals surface area contributed by atoms with Crippen LogP contribution in [0.3, 0.4) is 0 Å². The van der Waals surface area contributed by atoms with Crippen LogP contribution < -0.4 is 4.72 Å². The van der Waals surface area contributed by atoms with Crippen LogP contribution in [0.2, 0.25) is 0 Å². The fourth-order valence-corrected chi connectivity index (χ4v) is 3.83. The Balaban J connectivity index is 1.78. The molecule has 132 valence electrons. The molecule has 0 atom stereocenters. The van der Waals surface area contributed by atoms with Crippen LogP contribution in [-0.2, 0) is 10.0 Å². The highest BCUT2D eigenvalue weighted by Gasteiger charge is 2.21. The Hall–Kier alpha value is -2.48. The van der Waals surface area contributed by atoms with Gasteiger partial charge in [-0.2, -0.15) is 0 Å². The first-order chi connectivity index (χ1) is 11.9. The summed E-state index contributed by atoms with van der Waals surface area (Å²) in [6.45, 7) is 1.43. The monoisotopic (exact) mass is 366 g/mol. The van der Waals surface area contributed by atoms with Crippen LogP contribution in [0.4, 0.5) is 14.5 Å². The Morgan fingerprint density at radius 2 is 1.64 bits per heavy atom. The van der Waals surface area contributed by atoms with Gasteiger partial charge in [-0.15, -0.1) is 0 Å². The second kappa shape index (κ2) is 6.79. The standard InChI is InChI=1S/C17H16F2N2O3S/c18-13-5-8-15(19)16(11-13)25(23,24)20-14-6-3-12(4-7-14)17(22)21-9-1-2-10-21/h3-8,11,20H,1-2,9-10H2. The van der Waals surface area contributed by atoms with E-state index in [1.165, 1.54) is 24.3 Å². The molecule has 0 spiro atoms. The average molecular weight is 366 g/mol. The Morgan fingerprint density at radius 1 is 1.00 bits per heavy atom. The predicted octanol–water partition coefficient (Wildman–Crippen LogP) is 3.00. The molecule has 1 heterocycles.